The summed E-state index contributed by atoms with van der Waals surface area (Å²) in [4.78, 5) is 35.6. The van der Waals surface area contributed by atoms with Crippen LogP contribution in [0.3, 0.4) is 0 Å². The molecule has 1 aromatic heterocycles. The van der Waals surface area contributed by atoms with E-state index in [-0.39, 0.29) is 3.57 Å². The minimum Gasteiger partial charge on any atom is -0.479 e. The Kier molecular flexibility index (Phi) is 4.48. The molecule has 1 aromatic rings. The van der Waals surface area contributed by atoms with Crippen LogP contribution in [0.2, 0.25) is 0 Å². The standard InChI is InChI=1S/C10H11IN2O8/c11-2-1-13(10(20)12-7(2)17)8-4(15)3(14)6(21-8)5(16)9(18)19/h1,3-6,8,14-16H,(H,18,19)(H,12,17,20)/t3-,4-,5-,6-,8+/m1/s1. The van der Waals surface area contributed by atoms with Crippen LogP contribution in [0.1, 0.15) is 6.23 Å². The monoisotopic (exact) mass is 414 g/mol. The summed E-state index contributed by atoms with van der Waals surface area (Å²) in [5.41, 5.74) is -1.53. The van der Waals surface area contributed by atoms with Crippen molar-refractivity contribution in [2.45, 2.75) is 30.6 Å². The fraction of sp³-hybridized carbons (Fsp3) is 0.500. The molecule has 1 aliphatic rings. The van der Waals surface area contributed by atoms with E-state index in [1.54, 1.807) is 22.6 Å². The van der Waals surface area contributed by atoms with Crippen LogP contribution in [0.4, 0.5) is 0 Å². The lowest BCUT2D eigenvalue weighted by molar-refractivity contribution is -0.160. The van der Waals surface area contributed by atoms with E-state index in [4.69, 9.17) is 9.84 Å². The van der Waals surface area contributed by atoms with E-state index >= 15 is 0 Å². The van der Waals surface area contributed by atoms with Crippen LogP contribution in [0, 0.1) is 3.57 Å². The molecule has 0 bridgehead atoms. The average molecular weight is 414 g/mol. The molecule has 5 N–H and O–H groups in total. The first-order chi connectivity index (χ1) is 9.73. The average Bonchev–Trinajstić information content (AvgIpc) is 2.70. The summed E-state index contributed by atoms with van der Waals surface area (Å²) in [6.07, 6.45) is -7.38. The van der Waals surface area contributed by atoms with Crippen molar-refractivity contribution in [3.05, 3.63) is 30.6 Å². The molecule has 1 saturated heterocycles. The van der Waals surface area contributed by atoms with Gasteiger partial charge in [0, 0.05) is 6.20 Å². The Morgan fingerprint density at radius 3 is 2.57 bits per heavy atom. The van der Waals surface area contributed by atoms with Gasteiger partial charge in [-0.25, -0.2) is 9.59 Å². The Balaban J connectivity index is 2.38. The van der Waals surface area contributed by atoms with Crippen molar-refractivity contribution in [1.29, 1.82) is 0 Å². The lowest BCUT2D eigenvalue weighted by atomic mass is 10.1. The van der Waals surface area contributed by atoms with Gasteiger partial charge in [0.05, 0.1) is 3.57 Å². The Bertz CT molecular complexity index is 670. The molecular formula is C10H11IN2O8. The van der Waals surface area contributed by atoms with Gasteiger partial charge in [-0.2, -0.15) is 0 Å². The third-order valence-corrected chi connectivity index (χ3v) is 3.81. The highest BCUT2D eigenvalue weighted by Gasteiger charge is 2.49. The topological polar surface area (TPSA) is 162 Å². The summed E-state index contributed by atoms with van der Waals surface area (Å²) in [6.45, 7) is 0. The molecule has 0 radical (unpaired) electrons. The number of aliphatic hydroxyl groups excluding tert-OH is 3. The minimum absolute atomic E-state index is 0.125. The number of ether oxygens (including phenoxy) is 1. The molecule has 0 amide bonds. The van der Waals surface area contributed by atoms with E-state index in [0.717, 1.165) is 10.8 Å². The maximum atomic E-state index is 11.7. The normalized spacial score (nSPS) is 30.3. The number of nitrogens with zero attached hydrogens (tertiary/aromatic N) is 1. The Hall–Kier alpha value is -1.28. The number of carbonyl (C=O) groups is 1. The van der Waals surface area contributed by atoms with Gasteiger partial charge in [-0.05, 0) is 22.6 Å². The molecule has 2 heterocycles. The fourth-order valence-electron chi connectivity index (χ4n) is 1.97. The van der Waals surface area contributed by atoms with Crippen LogP contribution in [-0.4, -0.2) is 60.4 Å². The van der Waals surface area contributed by atoms with Crippen molar-refractivity contribution in [3.8, 4) is 0 Å². The second-order valence-electron chi connectivity index (χ2n) is 4.40. The summed E-state index contributed by atoms with van der Waals surface area (Å²) in [5, 5.41) is 37.7. The number of aromatic nitrogens is 2. The number of halogens is 1. The summed E-state index contributed by atoms with van der Waals surface area (Å²) >= 11 is 1.65. The molecule has 11 heteroatoms. The van der Waals surface area contributed by atoms with Gasteiger partial charge < -0.3 is 25.2 Å². The van der Waals surface area contributed by atoms with Crippen molar-refractivity contribution >= 4 is 28.6 Å². The van der Waals surface area contributed by atoms with Gasteiger partial charge in [0.15, 0.2) is 12.3 Å². The molecule has 10 nitrogen and oxygen atoms in total. The highest BCUT2D eigenvalue weighted by molar-refractivity contribution is 14.1. The zero-order chi connectivity index (χ0) is 15.9. The van der Waals surface area contributed by atoms with Gasteiger partial charge in [-0.1, -0.05) is 0 Å². The summed E-state index contributed by atoms with van der Waals surface area (Å²) in [7, 11) is 0. The van der Waals surface area contributed by atoms with E-state index in [9.17, 15) is 29.7 Å². The van der Waals surface area contributed by atoms with Crippen LogP contribution in [0.15, 0.2) is 15.8 Å². The van der Waals surface area contributed by atoms with Crippen LogP contribution in [0.25, 0.3) is 0 Å². The predicted octanol–water partition coefficient (Wildman–Crippen LogP) is -2.79. The first kappa shape index (κ1) is 16.1. The Morgan fingerprint density at radius 2 is 2.00 bits per heavy atom. The maximum absolute atomic E-state index is 11.7. The first-order valence-electron chi connectivity index (χ1n) is 5.67. The highest BCUT2D eigenvalue weighted by Crippen LogP contribution is 2.30. The third-order valence-electron chi connectivity index (χ3n) is 3.04. The van der Waals surface area contributed by atoms with E-state index < -0.39 is 47.9 Å². The van der Waals surface area contributed by atoms with Crippen molar-refractivity contribution in [2.75, 3.05) is 0 Å². The SMILES string of the molecule is O=C(O)[C@H](O)[C@@H]1O[C@H](n2cc(I)c(=O)[nH]c2=O)[C@H](O)[C@H]1O. The van der Waals surface area contributed by atoms with Crippen LogP contribution in [0.5, 0.6) is 0 Å². The second-order valence-corrected chi connectivity index (χ2v) is 5.56. The molecule has 0 aromatic carbocycles. The van der Waals surface area contributed by atoms with Gasteiger partial charge in [-0.15, -0.1) is 0 Å². The predicted molar refractivity (Wildman–Crippen MR) is 73.6 cm³/mol. The summed E-state index contributed by atoms with van der Waals surface area (Å²) < 4.78 is 6.01. The number of hydrogen-bond donors (Lipinski definition) is 5. The number of hydrogen-bond acceptors (Lipinski definition) is 7. The molecular weight excluding hydrogens is 403 g/mol. The summed E-state index contributed by atoms with van der Waals surface area (Å²) in [5.74, 6) is -1.64. The molecule has 21 heavy (non-hydrogen) atoms. The summed E-state index contributed by atoms with van der Waals surface area (Å²) in [6, 6.07) is 0. The fourth-order valence-corrected chi connectivity index (χ4v) is 2.40. The molecule has 5 atom stereocenters. The largest absolute Gasteiger partial charge is 0.479 e. The van der Waals surface area contributed by atoms with Crippen LogP contribution < -0.4 is 11.2 Å². The molecule has 0 unspecified atom stereocenters. The Labute approximate surface area is 129 Å². The molecule has 116 valence electrons. The van der Waals surface area contributed by atoms with Crippen molar-refractivity contribution < 1.29 is 30.0 Å². The van der Waals surface area contributed by atoms with Gasteiger partial charge in [0.1, 0.15) is 18.3 Å². The van der Waals surface area contributed by atoms with E-state index in [0.29, 0.717) is 0 Å². The zero-order valence-electron chi connectivity index (χ0n) is 10.2. The van der Waals surface area contributed by atoms with Gasteiger partial charge in [0.25, 0.3) is 5.56 Å². The number of H-pyrrole nitrogens is 1. The van der Waals surface area contributed by atoms with Crippen LogP contribution in [-0.2, 0) is 9.53 Å². The lowest BCUT2D eigenvalue weighted by Crippen LogP contribution is -2.42. The van der Waals surface area contributed by atoms with E-state index in [1.807, 2.05) is 4.98 Å². The van der Waals surface area contributed by atoms with Gasteiger partial charge >= 0.3 is 11.7 Å². The number of carboxylic acids is 1. The third kappa shape index (κ3) is 2.87. The number of aromatic amines is 1. The van der Waals surface area contributed by atoms with Crippen molar-refractivity contribution in [3.63, 3.8) is 0 Å². The van der Waals surface area contributed by atoms with Crippen LogP contribution >= 0.6 is 22.6 Å². The Morgan fingerprint density at radius 1 is 1.38 bits per heavy atom. The molecule has 1 aliphatic heterocycles. The quantitative estimate of drug-likeness (QED) is 0.332. The van der Waals surface area contributed by atoms with Crippen molar-refractivity contribution in [2.24, 2.45) is 0 Å². The molecule has 0 saturated carbocycles. The molecule has 0 aliphatic carbocycles. The number of rotatable bonds is 3. The zero-order valence-corrected chi connectivity index (χ0v) is 12.4. The van der Waals surface area contributed by atoms with Gasteiger partial charge in [0.2, 0.25) is 0 Å². The van der Waals surface area contributed by atoms with E-state index in [1.165, 1.54) is 0 Å². The number of aliphatic carboxylic acids is 1. The lowest BCUT2D eigenvalue weighted by Gasteiger charge is -2.18. The van der Waals surface area contributed by atoms with E-state index in [2.05, 4.69) is 0 Å². The van der Waals surface area contributed by atoms with Crippen molar-refractivity contribution in [1.82, 2.24) is 9.55 Å². The molecule has 0 spiro atoms. The van der Waals surface area contributed by atoms with Gasteiger partial charge in [-0.3, -0.25) is 14.3 Å². The number of carboxylic acid groups (broad SMARTS) is 1. The second kappa shape index (κ2) is 5.84. The highest BCUT2D eigenvalue weighted by atomic mass is 127. The number of aliphatic hydroxyl groups is 3. The molecule has 2 rings (SSSR count). The molecule has 1 fully saturated rings. The minimum atomic E-state index is -2.07. The number of nitrogens with one attached hydrogen (secondary N) is 1. The maximum Gasteiger partial charge on any atom is 0.335 e. The smallest absolute Gasteiger partial charge is 0.335 e. The first-order valence-corrected chi connectivity index (χ1v) is 6.75.